The third-order valence-corrected chi connectivity index (χ3v) is 3.61. The number of halogens is 2. The molecule has 1 heterocycles. The zero-order chi connectivity index (χ0) is 13.7. The molecule has 0 unspecified atom stereocenters. The Morgan fingerprint density at radius 2 is 2.11 bits per heavy atom. The van der Waals surface area contributed by atoms with E-state index in [2.05, 4.69) is 27.8 Å². The molecular formula is C15H15BrClNO. The second-order valence-corrected chi connectivity index (χ2v) is 5.37. The van der Waals surface area contributed by atoms with E-state index in [-0.39, 0.29) is 0 Å². The highest BCUT2D eigenvalue weighted by molar-refractivity contribution is 9.10. The topological polar surface area (TPSA) is 22.1 Å². The first kappa shape index (κ1) is 14.4. The molecule has 0 atom stereocenters. The molecule has 0 bridgehead atoms. The molecule has 0 saturated heterocycles. The molecule has 2 aromatic rings. The summed E-state index contributed by atoms with van der Waals surface area (Å²) in [5, 5.41) is 0.689. The zero-order valence-corrected chi connectivity index (χ0v) is 13.0. The zero-order valence-electron chi connectivity index (χ0n) is 10.7. The van der Waals surface area contributed by atoms with Gasteiger partial charge in [0, 0.05) is 22.3 Å². The molecule has 0 amide bonds. The van der Waals surface area contributed by atoms with Crippen molar-refractivity contribution in [3.63, 3.8) is 0 Å². The van der Waals surface area contributed by atoms with Gasteiger partial charge in [0.25, 0.3) is 0 Å². The van der Waals surface area contributed by atoms with Crippen LogP contribution in [0.4, 0.5) is 0 Å². The summed E-state index contributed by atoms with van der Waals surface area (Å²) in [7, 11) is 0. The van der Waals surface area contributed by atoms with Gasteiger partial charge in [-0.15, -0.1) is 0 Å². The van der Waals surface area contributed by atoms with Crippen LogP contribution in [0.3, 0.4) is 0 Å². The lowest BCUT2D eigenvalue weighted by molar-refractivity contribution is 0.310. The molecule has 1 aromatic carbocycles. The van der Waals surface area contributed by atoms with Crippen LogP contribution in [-0.4, -0.2) is 11.6 Å². The van der Waals surface area contributed by atoms with E-state index in [0.717, 1.165) is 34.3 Å². The van der Waals surface area contributed by atoms with Gasteiger partial charge in [-0.1, -0.05) is 24.9 Å². The molecule has 2 nitrogen and oxygen atoms in total. The smallest absolute Gasteiger partial charge is 0.127 e. The summed E-state index contributed by atoms with van der Waals surface area (Å²) in [4.78, 5) is 4.24. The number of aromatic nitrogens is 1. The van der Waals surface area contributed by atoms with Crippen LogP contribution in [-0.2, 0) is 0 Å². The number of benzene rings is 1. The largest absolute Gasteiger partial charge is 0.493 e. The molecule has 0 aliphatic rings. The van der Waals surface area contributed by atoms with E-state index in [1.807, 2.05) is 30.3 Å². The van der Waals surface area contributed by atoms with Crippen LogP contribution >= 0.6 is 27.5 Å². The third-order valence-electron chi connectivity index (χ3n) is 2.75. The first-order valence-corrected chi connectivity index (χ1v) is 7.42. The molecule has 100 valence electrons. The lowest BCUT2D eigenvalue weighted by Gasteiger charge is -2.12. The van der Waals surface area contributed by atoms with Gasteiger partial charge in [0.1, 0.15) is 10.4 Å². The van der Waals surface area contributed by atoms with E-state index in [4.69, 9.17) is 16.3 Å². The van der Waals surface area contributed by atoms with Crippen molar-refractivity contribution in [1.82, 2.24) is 4.98 Å². The Morgan fingerprint density at radius 3 is 2.84 bits per heavy atom. The van der Waals surface area contributed by atoms with Crippen LogP contribution in [0.2, 0.25) is 5.02 Å². The first-order valence-electron chi connectivity index (χ1n) is 6.25. The summed E-state index contributed by atoms with van der Waals surface area (Å²) in [5.41, 5.74) is 1.94. The van der Waals surface area contributed by atoms with Gasteiger partial charge in [-0.3, -0.25) is 0 Å². The predicted molar refractivity (Wildman–Crippen MR) is 82.8 cm³/mol. The molecule has 4 heteroatoms. The van der Waals surface area contributed by atoms with Crippen molar-refractivity contribution in [1.29, 1.82) is 0 Å². The third kappa shape index (κ3) is 3.71. The van der Waals surface area contributed by atoms with Gasteiger partial charge >= 0.3 is 0 Å². The number of rotatable bonds is 5. The Balaban J connectivity index is 2.37. The van der Waals surface area contributed by atoms with Crippen LogP contribution in [0.25, 0.3) is 11.1 Å². The van der Waals surface area contributed by atoms with Gasteiger partial charge in [0.2, 0.25) is 0 Å². The Hall–Kier alpha value is -1.06. The van der Waals surface area contributed by atoms with Crippen molar-refractivity contribution >= 4 is 27.5 Å². The molecule has 2 rings (SSSR count). The minimum atomic E-state index is 0.689. The van der Waals surface area contributed by atoms with E-state index in [9.17, 15) is 0 Å². The predicted octanol–water partition coefficient (Wildman–Crippen LogP) is 5.34. The Kier molecular flexibility index (Phi) is 5.23. The van der Waals surface area contributed by atoms with Crippen LogP contribution < -0.4 is 4.74 Å². The fraction of sp³-hybridized carbons (Fsp3) is 0.267. The van der Waals surface area contributed by atoms with E-state index in [1.54, 1.807) is 6.20 Å². The van der Waals surface area contributed by atoms with Crippen molar-refractivity contribution in [3.8, 4) is 16.9 Å². The fourth-order valence-corrected chi connectivity index (χ4v) is 2.39. The number of nitrogens with zero attached hydrogens (tertiary/aromatic N) is 1. The fourth-order valence-electron chi connectivity index (χ4n) is 1.75. The molecule has 0 saturated carbocycles. The normalized spacial score (nSPS) is 10.5. The highest BCUT2D eigenvalue weighted by Gasteiger charge is 2.10. The van der Waals surface area contributed by atoms with Crippen LogP contribution in [0.15, 0.2) is 41.1 Å². The van der Waals surface area contributed by atoms with Gasteiger partial charge in [-0.2, -0.15) is 0 Å². The van der Waals surface area contributed by atoms with Crippen molar-refractivity contribution in [3.05, 3.63) is 46.2 Å². The minimum absolute atomic E-state index is 0.689. The molecule has 1 aromatic heterocycles. The van der Waals surface area contributed by atoms with Gasteiger partial charge in [0.15, 0.2) is 0 Å². The Morgan fingerprint density at radius 1 is 1.26 bits per heavy atom. The molecule has 0 radical (unpaired) electrons. The molecule has 0 aliphatic heterocycles. The van der Waals surface area contributed by atoms with Crippen molar-refractivity contribution < 1.29 is 4.74 Å². The van der Waals surface area contributed by atoms with Crippen LogP contribution in [0.5, 0.6) is 5.75 Å². The average molecular weight is 341 g/mol. The van der Waals surface area contributed by atoms with Gasteiger partial charge in [-0.05, 0) is 52.7 Å². The Bertz CT molecular complexity index is 560. The summed E-state index contributed by atoms with van der Waals surface area (Å²) >= 11 is 9.55. The maximum absolute atomic E-state index is 6.09. The first-order chi connectivity index (χ1) is 9.22. The number of hydrogen-bond acceptors (Lipinski definition) is 2. The summed E-state index contributed by atoms with van der Waals surface area (Å²) in [6, 6.07) is 9.56. The number of ether oxygens (including phenoxy) is 1. The number of pyridine rings is 1. The van der Waals surface area contributed by atoms with Crippen molar-refractivity contribution in [2.24, 2.45) is 0 Å². The second kappa shape index (κ2) is 6.92. The van der Waals surface area contributed by atoms with E-state index in [1.165, 1.54) is 0 Å². The monoisotopic (exact) mass is 339 g/mol. The van der Waals surface area contributed by atoms with Crippen LogP contribution in [0.1, 0.15) is 19.8 Å². The number of hydrogen-bond donors (Lipinski definition) is 0. The summed E-state index contributed by atoms with van der Waals surface area (Å²) in [5.74, 6) is 0.839. The molecule has 0 aliphatic carbocycles. The molecule has 0 spiro atoms. The summed E-state index contributed by atoms with van der Waals surface area (Å²) < 4.78 is 6.62. The lowest BCUT2D eigenvalue weighted by Crippen LogP contribution is -1.98. The SMILES string of the molecule is CCCCOc1ccc(Cl)cc1-c1cccnc1Br. The molecule has 0 N–H and O–H groups in total. The molecule has 0 fully saturated rings. The molecular weight excluding hydrogens is 326 g/mol. The highest BCUT2D eigenvalue weighted by Crippen LogP contribution is 2.35. The van der Waals surface area contributed by atoms with Crippen molar-refractivity contribution in [2.45, 2.75) is 19.8 Å². The quantitative estimate of drug-likeness (QED) is 0.541. The minimum Gasteiger partial charge on any atom is -0.493 e. The summed E-state index contributed by atoms with van der Waals surface area (Å²) in [6.07, 6.45) is 3.89. The van der Waals surface area contributed by atoms with Crippen molar-refractivity contribution in [2.75, 3.05) is 6.61 Å². The van der Waals surface area contributed by atoms with Crippen LogP contribution in [0, 0.1) is 0 Å². The van der Waals surface area contributed by atoms with E-state index in [0.29, 0.717) is 11.6 Å². The lowest BCUT2D eigenvalue weighted by atomic mass is 10.1. The average Bonchev–Trinajstić information content (AvgIpc) is 2.41. The van der Waals surface area contributed by atoms with Gasteiger partial charge < -0.3 is 4.74 Å². The van der Waals surface area contributed by atoms with E-state index >= 15 is 0 Å². The number of unbranched alkanes of at least 4 members (excludes halogenated alkanes) is 1. The highest BCUT2D eigenvalue weighted by atomic mass is 79.9. The van der Waals surface area contributed by atoms with E-state index < -0.39 is 0 Å². The summed E-state index contributed by atoms with van der Waals surface area (Å²) in [6.45, 7) is 2.85. The standard InChI is InChI=1S/C15H15BrClNO/c1-2-3-9-19-14-7-6-11(17)10-13(14)12-5-4-8-18-15(12)16/h4-8,10H,2-3,9H2,1H3. The molecule has 19 heavy (non-hydrogen) atoms. The van der Waals surface area contributed by atoms with Gasteiger partial charge in [-0.25, -0.2) is 4.98 Å². The Labute approximate surface area is 126 Å². The maximum Gasteiger partial charge on any atom is 0.127 e. The maximum atomic E-state index is 6.09. The van der Waals surface area contributed by atoms with Gasteiger partial charge in [0.05, 0.1) is 6.61 Å². The second-order valence-electron chi connectivity index (χ2n) is 4.18.